The third-order valence-electron chi connectivity index (χ3n) is 2.56. The van der Waals surface area contributed by atoms with Gasteiger partial charge in [0.05, 0.1) is 0 Å². The third-order valence-corrected chi connectivity index (χ3v) is 2.56. The lowest BCUT2D eigenvalue weighted by Crippen LogP contribution is -2.35. The van der Waals surface area contributed by atoms with E-state index >= 15 is 0 Å². The van der Waals surface area contributed by atoms with Crippen molar-refractivity contribution in [3.05, 3.63) is 36.0 Å². The van der Waals surface area contributed by atoms with Crippen LogP contribution in [0.25, 0.3) is 10.9 Å². The van der Waals surface area contributed by atoms with Gasteiger partial charge in [-0.15, -0.1) is 0 Å². The van der Waals surface area contributed by atoms with E-state index in [-0.39, 0.29) is 12.3 Å². The molecule has 5 heteroatoms. The molecule has 1 aromatic heterocycles. The summed E-state index contributed by atoms with van der Waals surface area (Å²) < 4.78 is 0. The lowest BCUT2D eigenvalue weighted by Gasteiger charge is -2.00. The van der Waals surface area contributed by atoms with E-state index in [0.29, 0.717) is 6.42 Å². The number of benzene rings is 1. The summed E-state index contributed by atoms with van der Waals surface area (Å²) >= 11 is 0. The van der Waals surface area contributed by atoms with E-state index in [0.717, 1.165) is 16.5 Å². The molecule has 3 amide bonds. The SMILES string of the molecule is NC(=O)NC(=O)CCc1c[nH]c2ccccc12. The summed E-state index contributed by atoms with van der Waals surface area (Å²) in [5.41, 5.74) is 6.95. The first-order valence-electron chi connectivity index (χ1n) is 5.31. The van der Waals surface area contributed by atoms with Gasteiger partial charge in [-0.25, -0.2) is 4.79 Å². The highest BCUT2D eigenvalue weighted by atomic mass is 16.2. The van der Waals surface area contributed by atoms with E-state index in [1.165, 1.54) is 0 Å². The van der Waals surface area contributed by atoms with Gasteiger partial charge < -0.3 is 10.7 Å². The summed E-state index contributed by atoms with van der Waals surface area (Å²) in [6.07, 6.45) is 2.69. The standard InChI is InChI=1S/C12H13N3O2/c13-12(17)15-11(16)6-5-8-7-14-10-4-2-1-3-9(8)10/h1-4,7,14H,5-6H2,(H3,13,15,16,17). The van der Waals surface area contributed by atoms with E-state index in [1.807, 2.05) is 35.8 Å². The van der Waals surface area contributed by atoms with E-state index in [2.05, 4.69) is 4.98 Å². The lowest BCUT2D eigenvalue weighted by molar-refractivity contribution is -0.119. The molecule has 0 saturated carbocycles. The van der Waals surface area contributed by atoms with Crippen molar-refractivity contribution in [3.8, 4) is 0 Å². The first kappa shape index (κ1) is 11.2. The van der Waals surface area contributed by atoms with Crippen LogP contribution in [0.15, 0.2) is 30.5 Å². The molecule has 0 aliphatic heterocycles. The Labute approximate surface area is 98.0 Å². The van der Waals surface area contributed by atoms with Gasteiger partial charge in [-0.3, -0.25) is 10.1 Å². The van der Waals surface area contributed by atoms with Crippen LogP contribution in [-0.4, -0.2) is 16.9 Å². The van der Waals surface area contributed by atoms with Gasteiger partial charge in [0.15, 0.2) is 0 Å². The van der Waals surface area contributed by atoms with E-state index in [9.17, 15) is 9.59 Å². The number of carbonyl (C=O) groups excluding carboxylic acids is 2. The molecule has 5 nitrogen and oxygen atoms in total. The minimum atomic E-state index is -0.811. The Morgan fingerprint density at radius 1 is 1.29 bits per heavy atom. The fraction of sp³-hybridized carbons (Fsp3) is 0.167. The van der Waals surface area contributed by atoms with Crippen LogP contribution in [0.1, 0.15) is 12.0 Å². The fourth-order valence-corrected chi connectivity index (χ4v) is 1.79. The Morgan fingerprint density at radius 2 is 2.06 bits per heavy atom. The zero-order chi connectivity index (χ0) is 12.3. The zero-order valence-electron chi connectivity index (χ0n) is 9.19. The molecule has 0 aliphatic carbocycles. The van der Waals surface area contributed by atoms with Gasteiger partial charge in [0.25, 0.3) is 0 Å². The predicted octanol–water partition coefficient (Wildman–Crippen LogP) is 1.30. The molecule has 0 saturated heterocycles. The monoisotopic (exact) mass is 231 g/mol. The number of fused-ring (bicyclic) bond motifs is 1. The highest BCUT2D eigenvalue weighted by molar-refractivity contribution is 5.93. The van der Waals surface area contributed by atoms with Crippen LogP contribution in [0.4, 0.5) is 4.79 Å². The van der Waals surface area contributed by atoms with Crippen molar-refractivity contribution in [2.24, 2.45) is 5.73 Å². The largest absolute Gasteiger partial charge is 0.361 e. The maximum Gasteiger partial charge on any atom is 0.318 e. The van der Waals surface area contributed by atoms with Crippen LogP contribution in [0.2, 0.25) is 0 Å². The number of para-hydroxylation sites is 1. The second kappa shape index (κ2) is 4.69. The van der Waals surface area contributed by atoms with Crippen LogP contribution in [0.3, 0.4) is 0 Å². The topological polar surface area (TPSA) is 88.0 Å². The minimum Gasteiger partial charge on any atom is -0.361 e. The molecule has 2 aromatic rings. The number of hydrogen-bond donors (Lipinski definition) is 3. The van der Waals surface area contributed by atoms with Crippen LogP contribution < -0.4 is 11.1 Å². The van der Waals surface area contributed by atoms with Crippen molar-refractivity contribution in [1.29, 1.82) is 0 Å². The number of aromatic amines is 1. The molecular weight excluding hydrogens is 218 g/mol. The number of aromatic nitrogens is 1. The summed E-state index contributed by atoms with van der Waals surface area (Å²) in [5.74, 6) is -0.359. The number of nitrogens with one attached hydrogen (secondary N) is 2. The molecule has 0 radical (unpaired) electrons. The van der Waals surface area contributed by atoms with Gasteiger partial charge in [0.1, 0.15) is 0 Å². The molecule has 0 aliphatic rings. The predicted molar refractivity (Wildman–Crippen MR) is 64.3 cm³/mol. The van der Waals surface area contributed by atoms with Crippen molar-refractivity contribution in [2.45, 2.75) is 12.8 Å². The smallest absolute Gasteiger partial charge is 0.318 e. The number of aryl methyl sites for hydroxylation is 1. The Morgan fingerprint density at radius 3 is 2.82 bits per heavy atom. The van der Waals surface area contributed by atoms with Gasteiger partial charge in [-0.1, -0.05) is 18.2 Å². The number of hydrogen-bond acceptors (Lipinski definition) is 2. The van der Waals surface area contributed by atoms with Crippen molar-refractivity contribution in [2.75, 3.05) is 0 Å². The van der Waals surface area contributed by atoms with E-state index in [4.69, 9.17) is 5.73 Å². The molecule has 0 fully saturated rings. The number of imide groups is 1. The Balaban J connectivity index is 2.04. The van der Waals surface area contributed by atoms with Crippen LogP contribution in [0.5, 0.6) is 0 Å². The van der Waals surface area contributed by atoms with Crippen molar-refractivity contribution in [1.82, 2.24) is 10.3 Å². The summed E-state index contributed by atoms with van der Waals surface area (Å²) in [5, 5.41) is 3.14. The number of carbonyl (C=O) groups is 2. The zero-order valence-corrected chi connectivity index (χ0v) is 9.19. The molecule has 1 heterocycles. The molecular formula is C12H13N3O2. The van der Waals surface area contributed by atoms with Crippen molar-refractivity contribution >= 4 is 22.8 Å². The van der Waals surface area contributed by atoms with Gasteiger partial charge in [-0.2, -0.15) is 0 Å². The molecule has 1 aromatic carbocycles. The van der Waals surface area contributed by atoms with Crippen LogP contribution in [-0.2, 0) is 11.2 Å². The molecule has 17 heavy (non-hydrogen) atoms. The van der Waals surface area contributed by atoms with Gasteiger partial charge >= 0.3 is 6.03 Å². The molecule has 0 spiro atoms. The first-order valence-corrected chi connectivity index (χ1v) is 5.31. The summed E-state index contributed by atoms with van der Waals surface area (Å²) in [6.45, 7) is 0. The van der Waals surface area contributed by atoms with Gasteiger partial charge in [0, 0.05) is 23.5 Å². The van der Waals surface area contributed by atoms with E-state index in [1.54, 1.807) is 0 Å². The Kier molecular flexibility index (Phi) is 3.09. The minimum absolute atomic E-state index is 0.241. The fourth-order valence-electron chi connectivity index (χ4n) is 1.79. The summed E-state index contributed by atoms with van der Waals surface area (Å²) in [6, 6.07) is 7.05. The maximum atomic E-state index is 11.3. The average molecular weight is 231 g/mol. The molecule has 2 rings (SSSR count). The van der Waals surface area contributed by atoms with Gasteiger partial charge in [0.2, 0.25) is 5.91 Å². The van der Waals surface area contributed by atoms with Crippen LogP contribution in [0, 0.1) is 0 Å². The highest BCUT2D eigenvalue weighted by Crippen LogP contribution is 2.18. The molecule has 4 N–H and O–H groups in total. The van der Waals surface area contributed by atoms with Crippen LogP contribution >= 0.6 is 0 Å². The third kappa shape index (κ3) is 2.63. The highest BCUT2D eigenvalue weighted by Gasteiger charge is 2.07. The second-order valence-electron chi connectivity index (χ2n) is 3.77. The molecule has 0 unspecified atom stereocenters. The second-order valence-corrected chi connectivity index (χ2v) is 3.77. The lowest BCUT2D eigenvalue weighted by atomic mass is 10.1. The summed E-state index contributed by atoms with van der Waals surface area (Å²) in [7, 11) is 0. The number of H-pyrrole nitrogens is 1. The van der Waals surface area contributed by atoms with Crippen molar-refractivity contribution < 1.29 is 9.59 Å². The maximum absolute atomic E-state index is 11.3. The van der Waals surface area contributed by atoms with Gasteiger partial charge in [-0.05, 0) is 18.1 Å². The Bertz CT molecular complexity index is 560. The number of nitrogens with two attached hydrogens (primary N) is 1. The number of rotatable bonds is 3. The summed E-state index contributed by atoms with van der Waals surface area (Å²) in [4.78, 5) is 24.9. The molecule has 88 valence electrons. The first-order chi connectivity index (χ1) is 8.16. The Hall–Kier alpha value is -2.30. The molecule has 0 atom stereocenters. The normalized spacial score (nSPS) is 10.4. The number of urea groups is 1. The average Bonchev–Trinajstić information content (AvgIpc) is 2.69. The van der Waals surface area contributed by atoms with E-state index < -0.39 is 6.03 Å². The number of primary amides is 1. The van der Waals surface area contributed by atoms with Crippen molar-refractivity contribution in [3.63, 3.8) is 0 Å². The quantitative estimate of drug-likeness (QED) is 0.743. The molecule has 0 bridgehead atoms. The number of amides is 3.